The zero-order valence-electron chi connectivity index (χ0n) is 16.2. The SMILES string of the molecule is Oc1cc2c(cc1O)CCN(Cc1ccccc1)Cc1c(ccc(O)c1O)CC2. The summed E-state index contributed by atoms with van der Waals surface area (Å²) >= 11 is 0. The molecule has 3 aromatic rings. The molecule has 150 valence electrons. The van der Waals surface area contributed by atoms with Gasteiger partial charge in [0.05, 0.1) is 0 Å². The van der Waals surface area contributed by atoms with Gasteiger partial charge in [-0.05, 0) is 59.7 Å². The minimum Gasteiger partial charge on any atom is -0.504 e. The van der Waals surface area contributed by atoms with Crippen LogP contribution >= 0.6 is 0 Å². The second-order valence-electron chi connectivity index (χ2n) is 7.63. The molecule has 0 aromatic heterocycles. The van der Waals surface area contributed by atoms with Gasteiger partial charge in [0.2, 0.25) is 0 Å². The molecule has 0 saturated heterocycles. The molecule has 0 unspecified atom stereocenters. The van der Waals surface area contributed by atoms with E-state index in [0.717, 1.165) is 22.3 Å². The first-order valence-electron chi connectivity index (χ1n) is 9.84. The number of aromatic hydroxyl groups is 4. The van der Waals surface area contributed by atoms with E-state index in [2.05, 4.69) is 17.0 Å². The van der Waals surface area contributed by atoms with Crippen LogP contribution in [0.15, 0.2) is 54.6 Å². The van der Waals surface area contributed by atoms with Crippen LogP contribution in [0.25, 0.3) is 0 Å². The summed E-state index contributed by atoms with van der Waals surface area (Å²) in [6.45, 7) is 1.93. The molecular weight excluding hydrogens is 366 g/mol. The molecule has 0 radical (unpaired) electrons. The lowest BCUT2D eigenvalue weighted by Crippen LogP contribution is -2.27. The Bertz CT molecular complexity index is 1020. The maximum absolute atomic E-state index is 10.5. The van der Waals surface area contributed by atoms with Gasteiger partial charge in [0.15, 0.2) is 23.0 Å². The first kappa shape index (κ1) is 19.2. The van der Waals surface area contributed by atoms with Crippen molar-refractivity contribution in [3.05, 3.63) is 82.4 Å². The second-order valence-corrected chi connectivity index (χ2v) is 7.63. The third-order valence-corrected chi connectivity index (χ3v) is 5.65. The molecule has 5 heteroatoms. The van der Waals surface area contributed by atoms with Gasteiger partial charge in [-0.3, -0.25) is 4.90 Å². The summed E-state index contributed by atoms with van der Waals surface area (Å²) in [7, 11) is 0. The zero-order chi connectivity index (χ0) is 20.4. The van der Waals surface area contributed by atoms with Crippen molar-refractivity contribution in [3.8, 4) is 23.0 Å². The first-order valence-corrected chi connectivity index (χ1v) is 9.84. The van der Waals surface area contributed by atoms with Gasteiger partial charge in [-0.25, -0.2) is 0 Å². The first-order chi connectivity index (χ1) is 14.0. The number of fused-ring (bicyclic) bond motifs is 2. The molecule has 1 aliphatic heterocycles. The number of benzene rings is 3. The van der Waals surface area contributed by atoms with Crippen molar-refractivity contribution >= 4 is 0 Å². The summed E-state index contributed by atoms with van der Waals surface area (Å²) in [5.74, 6) is -0.382. The smallest absolute Gasteiger partial charge is 0.162 e. The average molecular weight is 391 g/mol. The van der Waals surface area contributed by atoms with Crippen LogP contribution in [0.3, 0.4) is 0 Å². The lowest BCUT2D eigenvalue weighted by atomic mass is 9.93. The second kappa shape index (κ2) is 8.05. The van der Waals surface area contributed by atoms with Crippen molar-refractivity contribution in [2.45, 2.75) is 32.4 Å². The molecule has 0 amide bonds. The third kappa shape index (κ3) is 4.15. The van der Waals surface area contributed by atoms with E-state index >= 15 is 0 Å². The quantitative estimate of drug-likeness (QED) is 0.499. The number of hydrogen-bond acceptors (Lipinski definition) is 5. The van der Waals surface area contributed by atoms with Crippen LogP contribution in [0.2, 0.25) is 0 Å². The number of phenolic OH excluding ortho intramolecular Hbond substituents is 4. The van der Waals surface area contributed by atoms with Gasteiger partial charge in [0.1, 0.15) is 0 Å². The van der Waals surface area contributed by atoms with Crippen molar-refractivity contribution < 1.29 is 20.4 Å². The minimum absolute atomic E-state index is 0.0603. The fourth-order valence-corrected chi connectivity index (χ4v) is 4.03. The number of hydrogen-bond donors (Lipinski definition) is 4. The monoisotopic (exact) mass is 391 g/mol. The Morgan fingerprint density at radius 3 is 2.07 bits per heavy atom. The van der Waals surface area contributed by atoms with E-state index in [1.54, 1.807) is 12.1 Å². The van der Waals surface area contributed by atoms with E-state index in [1.807, 2.05) is 24.3 Å². The zero-order valence-corrected chi connectivity index (χ0v) is 16.2. The Kier molecular flexibility index (Phi) is 5.32. The summed E-state index contributed by atoms with van der Waals surface area (Å²) in [5.41, 5.74) is 4.89. The van der Waals surface area contributed by atoms with Crippen LogP contribution < -0.4 is 0 Å². The van der Waals surface area contributed by atoms with Gasteiger partial charge in [-0.1, -0.05) is 36.4 Å². The van der Waals surface area contributed by atoms with E-state index < -0.39 is 0 Å². The van der Waals surface area contributed by atoms with Crippen LogP contribution in [-0.2, 0) is 32.4 Å². The lowest BCUT2D eigenvalue weighted by Gasteiger charge is -2.27. The average Bonchev–Trinajstić information content (AvgIpc) is 2.72. The van der Waals surface area contributed by atoms with Crippen LogP contribution in [-0.4, -0.2) is 31.9 Å². The summed E-state index contributed by atoms with van der Waals surface area (Å²) in [5, 5.41) is 40.5. The van der Waals surface area contributed by atoms with Crippen LogP contribution in [0.5, 0.6) is 23.0 Å². The van der Waals surface area contributed by atoms with Crippen LogP contribution in [0.1, 0.15) is 27.8 Å². The largest absolute Gasteiger partial charge is 0.504 e. The minimum atomic E-state index is -0.115. The Morgan fingerprint density at radius 1 is 0.690 bits per heavy atom. The van der Waals surface area contributed by atoms with E-state index in [9.17, 15) is 20.4 Å². The van der Waals surface area contributed by atoms with Crippen LogP contribution in [0, 0.1) is 0 Å². The predicted molar refractivity (Wildman–Crippen MR) is 111 cm³/mol. The molecule has 0 aliphatic carbocycles. The predicted octanol–water partition coefficient (Wildman–Crippen LogP) is 3.85. The highest BCUT2D eigenvalue weighted by atomic mass is 16.3. The molecular formula is C24H25NO4. The van der Waals surface area contributed by atoms with Crippen molar-refractivity contribution in [1.29, 1.82) is 0 Å². The number of phenols is 4. The molecule has 4 rings (SSSR count). The van der Waals surface area contributed by atoms with E-state index in [-0.39, 0.29) is 23.0 Å². The summed E-state index contributed by atoms with van der Waals surface area (Å²) < 4.78 is 0. The van der Waals surface area contributed by atoms with Gasteiger partial charge in [0.25, 0.3) is 0 Å². The maximum atomic E-state index is 10.5. The highest BCUT2D eigenvalue weighted by molar-refractivity contribution is 5.50. The van der Waals surface area contributed by atoms with Crippen molar-refractivity contribution in [1.82, 2.24) is 4.90 Å². The molecule has 0 saturated carbocycles. The van der Waals surface area contributed by atoms with Gasteiger partial charge in [-0.2, -0.15) is 0 Å². The number of aryl methyl sites for hydroxylation is 2. The molecule has 0 bridgehead atoms. The van der Waals surface area contributed by atoms with Crippen LogP contribution in [0.4, 0.5) is 0 Å². The number of rotatable bonds is 2. The third-order valence-electron chi connectivity index (χ3n) is 5.65. The molecule has 3 aromatic carbocycles. The maximum Gasteiger partial charge on any atom is 0.162 e. The van der Waals surface area contributed by atoms with Gasteiger partial charge < -0.3 is 20.4 Å². The van der Waals surface area contributed by atoms with Gasteiger partial charge in [0, 0.05) is 25.2 Å². The van der Waals surface area contributed by atoms with Gasteiger partial charge >= 0.3 is 0 Å². The fourth-order valence-electron chi connectivity index (χ4n) is 4.03. The Hall–Kier alpha value is -3.18. The molecule has 0 spiro atoms. The molecule has 5 nitrogen and oxygen atoms in total. The highest BCUT2D eigenvalue weighted by Gasteiger charge is 2.20. The normalized spacial score (nSPS) is 14.8. The molecule has 4 N–H and O–H groups in total. The topological polar surface area (TPSA) is 84.2 Å². The standard InChI is InChI=1S/C24H25NO4/c26-21-9-8-17-6-7-18-12-22(27)23(28)13-19(18)10-11-25(15-20(17)24(21)29)14-16-4-2-1-3-5-16/h1-5,8-9,12-13,26-29H,6-7,10-11,14-15H2. The lowest BCUT2D eigenvalue weighted by molar-refractivity contribution is 0.253. The number of nitrogens with zero attached hydrogens (tertiary/aromatic N) is 1. The van der Waals surface area contributed by atoms with Gasteiger partial charge in [-0.15, -0.1) is 0 Å². The summed E-state index contributed by atoms with van der Waals surface area (Å²) in [6.07, 6.45) is 2.06. The van der Waals surface area contributed by atoms with Crippen molar-refractivity contribution in [2.75, 3.05) is 6.54 Å². The molecule has 1 heterocycles. The highest BCUT2D eigenvalue weighted by Crippen LogP contribution is 2.35. The fraction of sp³-hybridized carbons (Fsp3) is 0.250. The molecule has 0 atom stereocenters. The van der Waals surface area contributed by atoms with E-state index in [4.69, 9.17) is 0 Å². The molecule has 0 fully saturated rings. The van der Waals surface area contributed by atoms with Crippen molar-refractivity contribution in [2.24, 2.45) is 0 Å². The van der Waals surface area contributed by atoms with E-state index in [1.165, 1.54) is 11.6 Å². The molecule has 1 aliphatic rings. The van der Waals surface area contributed by atoms with E-state index in [0.29, 0.717) is 38.9 Å². The summed E-state index contributed by atoms with van der Waals surface area (Å²) in [4.78, 5) is 2.23. The Balaban J connectivity index is 1.73. The molecule has 29 heavy (non-hydrogen) atoms. The Morgan fingerprint density at radius 2 is 1.34 bits per heavy atom. The Labute approximate surface area is 170 Å². The van der Waals surface area contributed by atoms with Crippen molar-refractivity contribution in [3.63, 3.8) is 0 Å². The summed E-state index contributed by atoms with van der Waals surface area (Å²) in [6, 6.07) is 16.8.